The number of halogens is 1. The van der Waals surface area contributed by atoms with E-state index in [0.717, 1.165) is 16.7 Å². The summed E-state index contributed by atoms with van der Waals surface area (Å²) in [7, 11) is 0. The monoisotopic (exact) mass is 396 g/mol. The summed E-state index contributed by atoms with van der Waals surface area (Å²) in [5, 5.41) is 0.628. The van der Waals surface area contributed by atoms with Crippen LogP contribution >= 0.6 is 11.6 Å². The first-order valence-corrected chi connectivity index (χ1v) is 9.56. The molecule has 5 heteroatoms. The van der Waals surface area contributed by atoms with E-state index in [-0.39, 0.29) is 19.6 Å². The van der Waals surface area contributed by atoms with Gasteiger partial charge in [-0.15, -0.1) is 5.73 Å². The van der Waals surface area contributed by atoms with Gasteiger partial charge in [0.05, 0.1) is 13.2 Å². The molecular formula is C23H21ClO4. The summed E-state index contributed by atoms with van der Waals surface area (Å²) >= 11 is 5.94. The lowest BCUT2D eigenvalue weighted by Crippen LogP contribution is -2.42. The molecule has 0 fully saturated rings. The fourth-order valence-corrected chi connectivity index (χ4v) is 3.50. The molecule has 0 spiro atoms. The van der Waals surface area contributed by atoms with Crippen molar-refractivity contribution in [2.45, 2.75) is 20.3 Å². The van der Waals surface area contributed by atoms with Crippen LogP contribution in [-0.4, -0.2) is 25.2 Å². The predicted octanol–water partition coefficient (Wildman–Crippen LogP) is 4.70. The summed E-state index contributed by atoms with van der Waals surface area (Å²) in [6.07, 6.45) is 1.93. The highest BCUT2D eigenvalue weighted by molar-refractivity contribution is 6.30. The molecule has 0 aliphatic heterocycles. The molecule has 0 saturated heterocycles. The van der Waals surface area contributed by atoms with E-state index >= 15 is 0 Å². The van der Waals surface area contributed by atoms with E-state index in [2.05, 4.69) is 5.73 Å². The molecule has 0 N–H and O–H groups in total. The molecule has 0 atom stereocenters. The van der Waals surface area contributed by atoms with E-state index in [1.54, 1.807) is 32.1 Å². The van der Waals surface area contributed by atoms with Crippen LogP contribution in [0.1, 0.15) is 30.5 Å². The first-order valence-electron chi connectivity index (χ1n) is 9.18. The van der Waals surface area contributed by atoms with Crippen LogP contribution in [0.4, 0.5) is 0 Å². The van der Waals surface area contributed by atoms with Gasteiger partial charge in [-0.2, -0.15) is 0 Å². The first kappa shape index (κ1) is 19.9. The molecule has 0 radical (unpaired) electrons. The average molecular weight is 397 g/mol. The largest absolute Gasteiger partial charge is 0.465 e. The second-order valence-corrected chi connectivity index (χ2v) is 6.83. The Morgan fingerprint density at radius 3 is 2.25 bits per heavy atom. The molecule has 144 valence electrons. The fourth-order valence-electron chi connectivity index (χ4n) is 3.38. The standard InChI is InChI=1S/C23H21ClO4/c1-3-27-21(25)23(22(26)28-4-2)15-17-7-5-6-8-19(17)20(23)14-11-16-9-12-18(24)13-10-16/h5-13H,3-4,15H2,1-2H3. The lowest BCUT2D eigenvalue weighted by molar-refractivity contribution is -0.166. The minimum absolute atomic E-state index is 0.171. The Kier molecular flexibility index (Phi) is 6.03. The van der Waals surface area contributed by atoms with Crippen LogP contribution in [0.15, 0.2) is 54.3 Å². The first-order chi connectivity index (χ1) is 13.5. The number of rotatable bonds is 5. The van der Waals surface area contributed by atoms with Gasteiger partial charge in [0, 0.05) is 17.0 Å². The van der Waals surface area contributed by atoms with E-state index in [1.807, 2.05) is 36.4 Å². The Labute approximate surface area is 169 Å². The molecule has 0 bridgehead atoms. The number of carbonyl (C=O) groups is 2. The van der Waals surface area contributed by atoms with Gasteiger partial charge in [0.25, 0.3) is 0 Å². The zero-order valence-electron chi connectivity index (χ0n) is 15.8. The van der Waals surface area contributed by atoms with Gasteiger partial charge in [0.2, 0.25) is 5.41 Å². The molecule has 0 aromatic heterocycles. The third kappa shape index (κ3) is 3.62. The van der Waals surface area contributed by atoms with Crippen molar-refractivity contribution in [3.8, 4) is 0 Å². The molecule has 1 aliphatic rings. The SMILES string of the molecule is CCOC(=O)C1(C(=O)OCC)Cc2ccccc2C1=C=Cc1ccc(Cl)cc1. The molecule has 0 saturated carbocycles. The topological polar surface area (TPSA) is 52.6 Å². The number of ether oxygens (including phenoxy) is 2. The lowest BCUT2D eigenvalue weighted by Gasteiger charge is -2.25. The van der Waals surface area contributed by atoms with Crippen LogP contribution in [0, 0.1) is 5.41 Å². The highest BCUT2D eigenvalue weighted by Crippen LogP contribution is 2.48. The van der Waals surface area contributed by atoms with E-state index in [4.69, 9.17) is 21.1 Å². The van der Waals surface area contributed by atoms with Crippen LogP contribution in [-0.2, 0) is 25.5 Å². The molecule has 3 rings (SSSR count). The van der Waals surface area contributed by atoms with E-state index in [0.29, 0.717) is 10.6 Å². The van der Waals surface area contributed by atoms with Crippen molar-refractivity contribution in [1.82, 2.24) is 0 Å². The summed E-state index contributed by atoms with van der Waals surface area (Å²) < 4.78 is 10.6. The number of hydrogen-bond acceptors (Lipinski definition) is 4. The number of hydrogen-bond donors (Lipinski definition) is 0. The summed E-state index contributed by atoms with van der Waals surface area (Å²) in [6, 6.07) is 14.8. The van der Waals surface area contributed by atoms with Crippen molar-refractivity contribution in [3.63, 3.8) is 0 Å². The second-order valence-electron chi connectivity index (χ2n) is 6.40. The van der Waals surface area contributed by atoms with E-state index in [1.165, 1.54) is 0 Å². The van der Waals surface area contributed by atoms with Crippen LogP contribution in [0.5, 0.6) is 0 Å². The van der Waals surface area contributed by atoms with Crippen molar-refractivity contribution in [1.29, 1.82) is 0 Å². The van der Waals surface area contributed by atoms with Gasteiger partial charge in [-0.25, -0.2) is 0 Å². The van der Waals surface area contributed by atoms with Crippen LogP contribution in [0.25, 0.3) is 11.6 Å². The molecule has 4 nitrogen and oxygen atoms in total. The second kappa shape index (κ2) is 8.47. The molecule has 2 aromatic rings. The third-order valence-corrected chi connectivity index (χ3v) is 4.92. The lowest BCUT2D eigenvalue weighted by atomic mass is 9.80. The number of benzene rings is 2. The van der Waals surface area contributed by atoms with Crippen molar-refractivity contribution in [2.24, 2.45) is 5.41 Å². The molecule has 1 aliphatic carbocycles. The van der Waals surface area contributed by atoms with Gasteiger partial charge in [0.15, 0.2) is 0 Å². The van der Waals surface area contributed by atoms with Crippen molar-refractivity contribution >= 4 is 35.2 Å². The van der Waals surface area contributed by atoms with Gasteiger partial charge in [0.1, 0.15) is 0 Å². The Balaban J connectivity index is 2.21. The fraction of sp³-hybridized carbons (Fsp3) is 0.261. The van der Waals surface area contributed by atoms with Crippen LogP contribution < -0.4 is 0 Å². The van der Waals surface area contributed by atoms with Crippen molar-refractivity contribution in [3.05, 3.63) is 76.0 Å². The maximum Gasteiger partial charge on any atom is 0.329 e. The van der Waals surface area contributed by atoms with Gasteiger partial charge in [-0.1, -0.05) is 48.0 Å². The molecule has 0 unspecified atom stereocenters. The zero-order valence-corrected chi connectivity index (χ0v) is 16.6. The highest BCUT2D eigenvalue weighted by Gasteiger charge is 2.56. The molecule has 28 heavy (non-hydrogen) atoms. The smallest absolute Gasteiger partial charge is 0.329 e. The number of carbonyl (C=O) groups excluding carboxylic acids is 2. The van der Waals surface area contributed by atoms with E-state index < -0.39 is 17.4 Å². The summed E-state index contributed by atoms with van der Waals surface area (Å²) in [6.45, 7) is 3.77. The zero-order chi connectivity index (χ0) is 20.1. The molecule has 2 aromatic carbocycles. The Morgan fingerprint density at radius 2 is 1.64 bits per heavy atom. The maximum absolute atomic E-state index is 13.0. The van der Waals surface area contributed by atoms with Gasteiger partial charge >= 0.3 is 11.9 Å². The van der Waals surface area contributed by atoms with Gasteiger partial charge in [-0.05, 0) is 48.7 Å². The average Bonchev–Trinajstić information content (AvgIpc) is 3.03. The van der Waals surface area contributed by atoms with Gasteiger partial charge < -0.3 is 9.47 Å². The number of fused-ring (bicyclic) bond motifs is 1. The van der Waals surface area contributed by atoms with Crippen molar-refractivity contribution < 1.29 is 19.1 Å². The van der Waals surface area contributed by atoms with Gasteiger partial charge in [-0.3, -0.25) is 9.59 Å². The van der Waals surface area contributed by atoms with Crippen molar-refractivity contribution in [2.75, 3.05) is 13.2 Å². The molecular weight excluding hydrogens is 376 g/mol. The highest BCUT2D eigenvalue weighted by atomic mass is 35.5. The molecule has 0 heterocycles. The minimum atomic E-state index is -1.56. The van der Waals surface area contributed by atoms with E-state index in [9.17, 15) is 9.59 Å². The Hall–Kier alpha value is -2.81. The Morgan fingerprint density at radius 1 is 1.04 bits per heavy atom. The third-order valence-electron chi connectivity index (χ3n) is 4.67. The number of esters is 2. The molecule has 0 amide bonds. The normalized spacial score (nSPS) is 14.0. The van der Waals surface area contributed by atoms with Crippen LogP contribution in [0.3, 0.4) is 0 Å². The summed E-state index contributed by atoms with van der Waals surface area (Å²) in [5.74, 6) is -1.23. The summed E-state index contributed by atoms with van der Waals surface area (Å²) in [5.41, 5.74) is 4.64. The summed E-state index contributed by atoms with van der Waals surface area (Å²) in [4.78, 5) is 26.0. The minimum Gasteiger partial charge on any atom is -0.465 e. The van der Waals surface area contributed by atoms with Crippen LogP contribution in [0.2, 0.25) is 5.02 Å². The predicted molar refractivity (Wildman–Crippen MR) is 109 cm³/mol. The maximum atomic E-state index is 13.0. The Bertz CT molecular complexity index is 935. The quantitative estimate of drug-likeness (QED) is 0.417.